The Bertz CT molecular complexity index is 458. The SMILES string of the molecule is NCC1(NC(=O)c2cc(Br)ccc2Cl)CCCC1. The number of rotatable bonds is 3. The minimum atomic E-state index is -0.247. The normalized spacial score (nSPS) is 17.7. The molecule has 1 aromatic rings. The van der Waals surface area contributed by atoms with Crippen molar-refractivity contribution in [3.8, 4) is 0 Å². The molecule has 0 bridgehead atoms. The number of amides is 1. The molecule has 0 unspecified atom stereocenters. The summed E-state index contributed by atoms with van der Waals surface area (Å²) in [6.45, 7) is 0.477. The summed E-state index contributed by atoms with van der Waals surface area (Å²) in [6.07, 6.45) is 4.12. The number of carbonyl (C=O) groups is 1. The molecule has 0 heterocycles. The predicted molar refractivity (Wildman–Crippen MR) is 76.9 cm³/mol. The Labute approximate surface area is 120 Å². The standard InChI is InChI=1S/C13H16BrClN2O/c14-9-3-4-11(15)10(7-9)12(18)17-13(8-16)5-1-2-6-13/h3-4,7H,1-2,5-6,8,16H2,(H,17,18). The third-order valence-corrected chi connectivity index (χ3v) is 4.33. The third-order valence-electron chi connectivity index (χ3n) is 3.50. The summed E-state index contributed by atoms with van der Waals surface area (Å²) in [4.78, 5) is 12.3. The van der Waals surface area contributed by atoms with Crippen LogP contribution in [-0.4, -0.2) is 18.0 Å². The fourth-order valence-electron chi connectivity index (χ4n) is 2.41. The van der Waals surface area contributed by atoms with E-state index in [0.717, 1.165) is 30.2 Å². The number of hydrogen-bond acceptors (Lipinski definition) is 2. The van der Waals surface area contributed by atoms with E-state index in [1.807, 2.05) is 6.07 Å². The summed E-state index contributed by atoms with van der Waals surface area (Å²) in [7, 11) is 0. The Hall–Kier alpha value is -0.580. The molecule has 3 N–H and O–H groups in total. The van der Waals surface area contributed by atoms with Gasteiger partial charge in [-0.3, -0.25) is 4.79 Å². The van der Waals surface area contributed by atoms with Crippen molar-refractivity contribution in [2.45, 2.75) is 31.2 Å². The van der Waals surface area contributed by atoms with Crippen molar-refractivity contribution in [3.63, 3.8) is 0 Å². The maximum Gasteiger partial charge on any atom is 0.253 e. The smallest absolute Gasteiger partial charge is 0.253 e. The molecule has 1 aliphatic carbocycles. The lowest BCUT2D eigenvalue weighted by Crippen LogP contribution is -2.51. The number of hydrogen-bond donors (Lipinski definition) is 2. The quantitative estimate of drug-likeness (QED) is 0.894. The zero-order valence-corrected chi connectivity index (χ0v) is 12.4. The van der Waals surface area contributed by atoms with Gasteiger partial charge in [0.25, 0.3) is 5.91 Å². The number of halogens is 2. The van der Waals surface area contributed by atoms with Crippen molar-refractivity contribution in [1.29, 1.82) is 0 Å². The molecule has 0 spiro atoms. The summed E-state index contributed by atoms with van der Waals surface area (Å²) < 4.78 is 0.838. The van der Waals surface area contributed by atoms with Crippen LogP contribution in [0.3, 0.4) is 0 Å². The Morgan fingerprint density at radius 2 is 2.11 bits per heavy atom. The highest BCUT2D eigenvalue weighted by Crippen LogP contribution is 2.30. The lowest BCUT2D eigenvalue weighted by atomic mass is 9.97. The molecule has 0 aromatic heterocycles. The van der Waals surface area contributed by atoms with E-state index in [-0.39, 0.29) is 11.4 Å². The van der Waals surface area contributed by atoms with E-state index in [1.54, 1.807) is 12.1 Å². The number of nitrogens with two attached hydrogens (primary N) is 1. The fourth-order valence-corrected chi connectivity index (χ4v) is 2.98. The Balaban J connectivity index is 2.18. The van der Waals surface area contributed by atoms with Crippen LogP contribution in [0.25, 0.3) is 0 Å². The van der Waals surface area contributed by atoms with Crippen molar-refractivity contribution in [2.75, 3.05) is 6.54 Å². The lowest BCUT2D eigenvalue weighted by molar-refractivity contribution is 0.0903. The van der Waals surface area contributed by atoms with Crippen molar-refractivity contribution >= 4 is 33.4 Å². The van der Waals surface area contributed by atoms with Gasteiger partial charge in [-0.05, 0) is 31.0 Å². The monoisotopic (exact) mass is 330 g/mol. The second kappa shape index (κ2) is 5.59. The molecule has 1 saturated carbocycles. The van der Waals surface area contributed by atoms with Crippen LogP contribution in [0.1, 0.15) is 36.0 Å². The van der Waals surface area contributed by atoms with Gasteiger partial charge >= 0.3 is 0 Å². The number of nitrogens with one attached hydrogen (secondary N) is 1. The van der Waals surface area contributed by atoms with Gasteiger partial charge in [0, 0.05) is 11.0 Å². The molecule has 1 amide bonds. The molecule has 5 heteroatoms. The van der Waals surface area contributed by atoms with Gasteiger partial charge in [-0.1, -0.05) is 40.4 Å². The lowest BCUT2D eigenvalue weighted by Gasteiger charge is -2.28. The Morgan fingerprint density at radius 3 is 2.72 bits per heavy atom. The highest BCUT2D eigenvalue weighted by atomic mass is 79.9. The number of carbonyl (C=O) groups excluding carboxylic acids is 1. The first-order valence-corrected chi connectivity index (χ1v) is 7.21. The van der Waals surface area contributed by atoms with Crippen LogP contribution in [0.4, 0.5) is 0 Å². The van der Waals surface area contributed by atoms with Crippen molar-refractivity contribution in [3.05, 3.63) is 33.3 Å². The fraction of sp³-hybridized carbons (Fsp3) is 0.462. The van der Waals surface area contributed by atoms with E-state index < -0.39 is 0 Å². The van der Waals surface area contributed by atoms with Gasteiger partial charge in [0.1, 0.15) is 0 Å². The van der Waals surface area contributed by atoms with Crippen LogP contribution in [0.5, 0.6) is 0 Å². The van der Waals surface area contributed by atoms with E-state index in [4.69, 9.17) is 17.3 Å². The molecule has 1 aliphatic rings. The predicted octanol–water partition coefficient (Wildman–Crippen LogP) is 3.10. The maximum absolute atomic E-state index is 12.3. The van der Waals surface area contributed by atoms with Crippen molar-refractivity contribution in [1.82, 2.24) is 5.32 Å². The molecule has 1 aromatic carbocycles. The summed E-state index contributed by atoms with van der Waals surface area (Å²) in [5.41, 5.74) is 6.05. The average molecular weight is 332 g/mol. The first kappa shape index (κ1) is 13.8. The summed E-state index contributed by atoms with van der Waals surface area (Å²) in [6, 6.07) is 5.26. The number of benzene rings is 1. The van der Waals surface area contributed by atoms with E-state index >= 15 is 0 Å². The van der Waals surface area contributed by atoms with Gasteiger partial charge in [-0.25, -0.2) is 0 Å². The van der Waals surface area contributed by atoms with Crippen molar-refractivity contribution < 1.29 is 4.79 Å². The molecule has 3 nitrogen and oxygen atoms in total. The van der Waals surface area contributed by atoms with Gasteiger partial charge in [0.2, 0.25) is 0 Å². The van der Waals surface area contributed by atoms with Crippen LogP contribution in [0, 0.1) is 0 Å². The molecular formula is C13H16BrClN2O. The molecule has 98 valence electrons. The average Bonchev–Trinajstić information content (AvgIpc) is 2.81. The van der Waals surface area contributed by atoms with Gasteiger partial charge in [0.05, 0.1) is 16.1 Å². The second-order valence-corrected chi connectivity index (χ2v) is 6.09. The third kappa shape index (κ3) is 2.87. The van der Waals surface area contributed by atoms with Crippen LogP contribution >= 0.6 is 27.5 Å². The van der Waals surface area contributed by atoms with Crippen LogP contribution in [-0.2, 0) is 0 Å². The van der Waals surface area contributed by atoms with Crippen molar-refractivity contribution in [2.24, 2.45) is 5.73 Å². The van der Waals surface area contributed by atoms with Gasteiger partial charge < -0.3 is 11.1 Å². The summed E-state index contributed by atoms with van der Waals surface area (Å²) >= 11 is 9.40. The van der Waals surface area contributed by atoms with E-state index in [1.165, 1.54) is 0 Å². The van der Waals surface area contributed by atoms with Gasteiger partial charge in [-0.2, -0.15) is 0 Å². The highest BCUT2D eigenvalue weighted by Gasteiger charge is 2.34. The maximum atomic E-state index is 12.3. The molecule has 2 rings (SSSR count). The van der Waals surface area contributed by atoms with Gasteiger partial charge in [-0.15, -0.1) is 0 Å². The Kier molecular flexibility index (Phi) is 4.30. The molecule has 18 heavy (non-hydrogen) atoms. The molecular weight excluding hydrogens is 316 g/mol. The molecule has 0 radical (unpaired) electrons. The van der Waals surface area contributed by atoms with Gasteiger partial charge in [0.15, 0.2) is 0 Å². The van der Waals surface area contributed by atoms with E-state index in [2.05, 4.69) is 21.2 Å². The largest absolute Gasteiger partial charge is 0.345 e. The summed E-state index contributed by atoms with van der Waals surface area (Å²) in [5.74, 6) is -0.145. The molecule has 1 fully saturated rings. The zero-order valence-electron chi connectivity index (χ0n) is 10.0. The van der Waals surface area contributed by atoms with E-state index in [9.17, 15) is 4.79 Å². The minimum absolute atomic E-state index is 0.145. The zero-order chi connectivity index (χ0) is 13.2. The molecule has 0 atom stereocenters. The van der Waals surface area contributed by atoms with Crippen LogP contribution < -0.4 is 11.1 Å². The first-order valence-electron chi connectivity index (χ1n) is 6.04. The molecule has 0 saturated heterocycles. The highest BCUT2D eigenvalue weighted by molar-refractivity contribution is 9.10. The van der Waals surface area contributed by atoms with E-state index in [0.29, 0.717) is 17.1 Å². The Morgan fingerprint density at radius 1 is 1.44 bits per heavy atom. The topological polar surface area (TPSA) is 55.1 Å². The van der Waals surface area contributed by atoms with Crippen LogP contribution in [0.2, 0.25) is 5.02 Å². The second-order valence-electron chi connectivity index (χ2n) is 4.77. The summed E-state index contributed by atoms with van der Waals surface area (Å²) in [5, 5.41) is 3.52. The molecule has 0 aliphatic heterocycles. The minimum Gasteiger partial charge on any atom is -0.345 e. The van der Waals surface area contributed by atoms with Crippen LogP contribution in [0.15, 0.2) is 22.7 Å². The first-order chi connectivity index (χ1) is 8.56.